The van der Waals surface area contributed by atoms with Crippen molar-refractivity contribution in [3.8, 4) is 0 Å². The molecule has 0 saturated carbocycles. The molecule has 0 spiro atoms. The third-order valence-electron chi connectivity index (χ3n) is 4.36. The zero-order chi connectivity index (χ0) is 17.0. The van der Waals surface area contributed by atoms with Crippen LogP contribution in [-0.2, 0) is 11.3 Å². The molecule has 0 radical (unpaired) electrons. The van der Waals surface area contributed by atoms with Crippen molar-refractivity contribution in [2.24, 2.45) is 10.9 Å². The highest BCUT2D eigenvalue weighted by molar-refractivity contribution is 5.80. The number of benzene rings is 1. The van der Waals surface area contributed by atoms with Crippen LogP contribution in [0, 0.1) is 5.92 Å². The molecule has 1 saturated heterocycles. The van der Waals surface area contributed by atoms with E-state index in [9.17, 15) is 0 Å². The average molecular weight is 332 g/mol. The number of hydrogen-bond donors (Lipinski definition) is 1. The van der Waals surface area contributed by atoms with Gasteiger partial charge >= 0.3 is 0 Å². The first-order valence-corrected chi connectivity index (χ1v) is 9.44. The highest BCUT2D eigenvalue weighted by Crippen LogP contribution is 2.15. The van der Waals surface area contributed by atoms with Gasteiger partial charge in [-0.05, 0) is 44.1 Å². The van der Waals surface area contributed by atoms with E-state index >= 15 is 0 Å². The molecule has 134 valence electrons. The Labute approximate surface area is 147 Å². The van der Waals surface area contributed by atoms with Gasteiger partial charge in [0.25, 0.3) is 0 Å². The van der Waals surface area contributed by atoms with E-state index in [0.717, 1.165) is 57.5 Å². The highest BCUT2D eigenvalue weighted by Gasteiger charge is 2.18. The third-order valence-corrected chi connectivity index (χ3v) is 4.36. The Kier molecular flexibility index (Phi) is 8.67. The molecule has 1 heterocycles. The van der Waals surface area contributed by atoms with Crippen LogP contribution in [0.4, 0.5) is 0 Å². The van der Waals surface area contributed by atoms with Gasteiger partial charge in [-0.25, -0.2) is 0 Å². The molecular formula is C20H33N3O. The molecule has 0 bridgehead atoms. The Bertz CT molecular complexity index is 475. The maximum absolute atomic E-state index is 5.73. The number of nitrogens with one attached hydrogen (secondary N) is 1. The van der Waals surface area contributed by atoms with Gasteiger partial charge in [-0.1, -0.05) is 37.3 Å². The summed E-state index contributed by atoms with van der Waals surface area (Å²) in [6.07, 6.45) is 4.76. The van der Waals surface area contributed by atoms with Gasteiger partial charge in [0.2, 0.25) is 0 Å². The Morgan fingerprint density at radius 2 is 2.12 bits per heavy atom. The quantitative estimate of drug-likeness (QED) is 0.448. The van der Waals surface area contributed by atoms with Crippen molar-refractivity contribution in [1.82, 2.24) is 10.2 Å². The van der Waals surface area contributed by atoms with Crippen LogP contribution >= 0.6 is 0 Å². The molecule has 0 aliphatic carbocycles. The van der Waals surface area contributed by atoms with Crippen LogP contribution in [0.2, 0.25) is 0 Å². The first kappa shape index (κ1) is 18.8. The first-order chi connectivity index (χ1) is 11.8. The molecule has 1 fully saturated rings. The Balaban J connectivity index is 1.63. The second-order valence-corrected chi connectivity index (χ2v) is 6.67. The molecule has 1 aromatic rings. The molecule has 1 atom stereocenters. The number of hydrogen-bond acceptors (Lipinski definition) is 2. The predicted octanol–water partition coefficient (Wildman–Crippen LogP) is 3.68. The molecule has 0 amide bonds. The van der Waals surface area contributed by atoms with Crippen LogP contribution in [0.25, 0.3) is 0 Å². The zero-order valence-corrected chi connectivity index (χ0v) is 15.3. The average Bonchev–Trinajstić information content (AvgIpc) is 2.61. The van der Waals surface area contributed by atoms with Crippen molar-refractivity contribution in [2.45, 2.75) is 46.1 Å². The molecule has 0 aromatic heterocycles. The van der Waals surface area contributed by atoms with E-state index in [-0.39, 0.29) is 0 Å². The molecule has 1 aliphatic heterocycles. The largest absolute Gasteiger partial charge is 0.377 e. The standard InChI is InChI=1S/C20H33N3O/c1-3-21-20(23-14-9-10-18(2)16-23)22-13-7-8-15-24-17-19-11-5-4-6-12-19/h4-6,11-12,18H,3,7-10,13-17H2,1-2H3,(H,21,22). The summed E-state index contributed by atoms with van der Waals surface area (Å²) in [7, 11) is 0. The van der Waals surface area contributed by atoms with Crippen molar-refractivity contribution in [1.29, 1.82) is 0 Å². The minimum Gasteiger partial charge on any atom is -0.377 e. The lowest BCUT2D eigenvalue weighted by molar-refractivity contribution is 0.117. The monoisotopic (exact) mass is 331 g/mol. The van der Waals surface area contributed by atoms with Crippen molar-refractivity contribution in [3.05, 3.63) is 35.9 Å². The van der Waals surface area contributed by atoms with Crippen molar-refractivity contribution >= 4 is 5.96 Å². The molecule has 1 aliphatic rings. The van der Waals surface area contributed by atoms with Gasteiger partial charge in [0.05, 0.1) is 6.61 Å². The van der Waals surface area contributed by atoms with Crippen LogP contribution in [0.5, 0.6) is 0 Å². The molecular weight excluding hydrogens is 298 g/mol. The highest BCUT2D eigenvalue weighted by atomic mass is 16.5. The van der Waals surface area contributed by atoms with Gasteiger partial charge in [-0.2, -0.15) is 0 Å². The number of aliphatic imine (C=N–C) groups is 1. The van der Waals surface area contributed by atoms with Crippen LogP contribution < -0.4 is 5.32 Å². The SMILES string of the molecule is CCNC(=NCCCCOCc1ccccc1)N1CCCC(C)C1. The molecule has 2 rings (SSSR count). The second kappa shape index (κ2) is 11.1. The third kappa shape index (κ3) is 6.91. The lowest BCUT2D eigenvalue weighted by atomic mass is 10.0. The summed E-state index contributed by atoms with van der Waals surface area (Å²) >= 11 is 0. The summed E-state index contributed by atoms with van der Waals surface area (Å²) in [5.41, 5.74) is 1.24. The van der Waals surface area contributed by atoms with E-state index in [4.69, 9.17) is 9.73 Å². The summed E-state index contributed by atoms with van der Waals surface area (Å²) in [5.74, 6) is 1.86. The molecule has 24 heavy (non-hydrogen) atoms. The maximum atomic E-state index is 5.73. The number of ether oxygens (including phenoxy) is 1. The van der Waals surface area contributed by atoms with E-state index < -0.39 is 0 Å². The van der Waals surface area contributed by atoms with Gasteiger partial charge in [0.1, 0.15) is 0 Å². The van der Waals surface area contributed by atoms with Crippen molar-refractivity contribution in [2.75, 3.05) is 32.8 Å². The maximum Gasteiger partial charge on any atom is 0.193 e. The smallest absolute Gasteiger partial charge is 0.193 e. The molecule has 1 unspecified atom stereocenters. The van der Waals surface area contributed by atoms with Crippen LogP contribution in [0.3, 0.4) is 0 Å². The normalized spacial score (nSPS) is 18.7. The van der Waals surface area contributed by atoms with E-state index in [2.05, 4.69) is 48.3 Å². The first-order valence-electron chi connectivity index (χ1n) is 9.44. The number of unbranched alkanes of at least 4 members (excludes halogenated alkanes) is 1. The van der Waals surface area contributed by atoms with Crippen LogP contribution in [0.1, 0.15) is 45.1 Å². The van der Waals surface area contributed by atoms with Crippen LogP contribution in [-0.4, -0.2) is 43.6 Å². The Hall–Kier alpha value is -1.55. The number of guanidine groups is 1. The minimum absolute atomic E-state index is 0.707. The summed E-state index contributed by atoms with van der Waals surface area (Å²) in [6, 6.07) is 10.3. The topological polar surface area (TPSA) is 36.9 Å². The summed E-state index contributed by atoms with van der Waals surface area (Å²) in [5, 5.41) is 3.44. The number of piperidine rings is 1. The lowest BCUT2D eigenvalue weighted by Gasteiger charge is -2.33. The molecule has 4 nitrogen and oxygen atoms in total. The van der Waals surface area contributed by atoms with Gasteiger partial charge in [0, 0.05) is 32.8 Å². The number of nitrogens with zero attached hydrogens (tertiary/aromatic N) is 2. The van der Waals surface area contributed by atoms with Crippen molar-refractivity contribution in [3.63, 3.8) is 0 Å². The Morgan fingerprint density at radius 3 is 2.88 bits per heavy atom. The van der Waals surface area contributed by atoms with Gasteiger partial charge in [-0.15, -0.1) is 0 Å². The van der Waals surface area contributed by atoms with Crippen LogP contribution in [0.15, 0.2) is 35.3 Å². The van der Waals surface area contributed by atoms with Gasteiger partial charge in [0.15, 0.2) is 5.96 Å². The molecule has 1 aromatic carbocycles. The molecule has 1 N–H and O–H groups in total. The molecule has 4 heteroatoms. The zero-order valence-electron chi connectivity index (χ0n) is 15.3. The van der Waals surface area contributed by atoms with E-state index in [1.54, 1.807) is 0 Å². The Morgan fingerprint density at radius 1 is 1.29 bits per heavy atom. The van der Waals surface area contributed by atoms with E-state index in [0.29, 0.717) is 6.61 Å². The fourth-order valence-corrected chi connectivity index (χ4v) is 3.07. The fraction of sp³-hybridized carbons (Fsp3) is 0.650. The van der Waals surface area contributed by atoms with Crippen molar-refractivity contribution < 1.29 is 4.74 Å². The number of rotatable bonds is 8. The van der Waals surface area contributed by atoms with Gasteiger partial charge in [-0.3, -0.25) is 4.99 Å². The van der Waals surface area contributed by atoms with E-state index in [1.807, 2.05) is 6.07 Å². The minimum atomic E-state index is 0.707. The summed E-state index contributed by atoms with van der Waals surface area (Å²) in [6.45, 7) is 10.1. The van der Waals surface area contributed by atoms with E-state index in [1.165, 1.54) is 18.4 Å². The summed E-state index contributed by atoms with van der Waals surface area (Å²) in [4.78, 5) is 7.22. The second-order valence-electron chi connectivity index (χ2n) is 6.67. The van der Waals surface area contributed by atoms with Gasteiger partial charge < -0.3 is 15.0 Å². The fourth-order valence-electron chi connectivity index (χ4n) is 3.07. The summed E-state index contributed by atoms with van der Waals surface area (Å²) < 4.78 is 5.73. The number of likely N-dealkylation sites (tertiary alicyclic amines) is 1. The lowest BCUT2D eigenvalue weighted by Crippen LogP contribution is -2.46. The predicted molar refractivity (Wildman–Crippen MR) is 101 cm³/mol.